The minimum Gasteiger partial charge on any atom is -0.298 e. The van der Waals surface area contributed by atoms with Crippen molar-refractivity contribution >= 4 is 60.9 Å². The molecule has 19 heavy (non-hydrogen) atoms. The van der Waals surface area contributed by atoms with Crippen LogP contribution in [0.2, 0.25) is 0 Å². The second-order valence-corrected chi connectivity index (χ2v) is 7.25. The zero-order valence-electron chi connectivity index (χ0n) is 10.4. The molecule has 3 nitrogen and oxygen atoms in total. The molecule has 0 saturated heterocycles. The van der Waals surface area contributed by atoms with Crippen molar-refractivity contribution in [2.45, 2.75) is 19.8 Å². The highest BCUT2D eigenvalue weighted by molar-refractivity contribution is 14.1. The number of hydrogen-bond acceptors (Lipinski definition) is 3. The summed E-state index contributed by atoms with van der Waals surface area (Å²) < 4.78 is 1.80. The van der Waals surface area contributed by atoms with Gasteiger partial charge in [0.2, 0.25) is 0 Å². The third-order valence-corrected chi connectivity index (χ3v) is 4.72. The Bertz CT molecular complexity index is 612. The van der Waals surface area contributed by atoms with E-state index in [4.69, 9.17) is 0 Å². The summed E-state index contributed by atoms with van der Waals surface area (Å²) in [6.07, 6.45) is 0. The molecule has 0 saturated carbocycles. The number of hydrogen-bond donors (Lipinski definition) is 1. The summed E-state index contributed by atoms with van der Waals surface area (Å²) in [6, 6.07) is 5.63. The first-order valence-electron chi connectivity index (χ1n) is 5.69. The number of nitrogens with one attached hydrogen (secondary N) is 1. The predicted octanol–water partition coefficient (Wildman–Crippen LogP) is 4.89. The molecule has 0 aliphatic rings. The molecule has 0 fully saturated rings. The number of aromatic nitrogens is 1. The fourth-order valence-electron chi connectivity index (χ4n) is 1.44. The second kappa shape index (κ2) is 6.32. The third-order valence-electron chi connectivity index (χ3n) is 2.51. The summed E-state index contributed by atoms with van der Waals surface area (Å²) in [5.41, 5.74) is 1.65. The van der Waals surface area contributed by atoms with Gasteiger partial charge in [0.15, 0.2) is 5.13 Å². The number of carbonyl (C=O) groups is 1. The first kappa shape index (κ1) is 14.9. The first-order valence-corrected chi connectivity index (χ1v) is 8.44. The molecule has 0 radical (unpaired) electrons. The molecule has 1 amide bonds. The Morgan fingerprint density at radius 2 is 2.21 bits per heavy atom. The van der Waals surface area contributed by atoms with Gasteiger partial charge in [-0.05, 0) is 46.7 Å². The Morgan fingerprint density at radius 1 is 1.47 bits per heavy atom. The topological polar surface area (TPSA) is 42.0 Å². The van der Waals surface area contributed by atoms with Crippen LogP contribution in [-0.2, 0) is 0 Å². The molecule has 0 aliphatic heterocycles. The van der Waals surface area contributed by atoms with Crippen LogP contribution in [0.4, 0.5) is 5.13 Å². The van der Waals surface area contributed by atoms with E-state index in [2.05, 4.69) is 62.7 Å². The maximum Gasteiger partial charge on any atom is 0.258 e. The van der Waals surface area contributed by atoms with Crippen molar-refractivity contribution in [1.82, 2.24) is 4.98 Å². The maximum absolute atomic E-state index is 12.2. The molecule has 0 spiro atoms. The zero-order chi connectivity index (χ0) is 14.0. The van der Waals surface area contributed by atoms with E-state index in [1.807, 2.05) is 23.6 Å². The molecule has 1 heterocycles. The van der Waals surface area contributed by atoms with Gasteiger partial charge in [-0.15, -0.1) is 11.3 Å². The average molecular weight is 451 g/mol. The molecule has 1 N–H and O–H groups in total. The summed E-state index contributed by atoms with van der Waals surface area (Å²) in [7, 11) is 0. The zero-order valence-corrected chi connectivity index (χ0v) is 15.0. The monoisotopic (exact) mass is 450 g/mol. The number of rotatable bonds is 3. The first-order chi connectivity index (χ1) is 8.97. The molecule has 0 aliphatic carbocycles. The van der Waals surface area contributed by atoms with Crippen molar-refractivity contribution in [1.29, 1.82) is 0 Å². The Labute approximate surface area is 138 Å². The van der Waals surface area contributed by atoms with E-state index in [1.54, 1.807) is 0 Å². The van der Waals surface area contributed by atoms with Gasteiger partial charge >= 0.3 is 0 Å². The number of thiazole rings is 1. The van der Waals surface area contributed by atoms with Gasteiger partial charge < -0.3 is 0 Å². The minimum absolute atomic E-state index is 0.129. The number of benzene rings is 1. The lowest BCUT2D eigenvalue weighted by Gasteiger charge is -2.05. The smallest absolute Gasteiger partial charge is 0.258 e. The Balaban J connectivity index is 2.18. The Hall–Kier alpha value is -0.470. The lowest BCUT2D eigenvalue weighted by molar-refractivity contribution is 0.102. The SMILES string of the molecule is CC(C)c1csc(NC(=O)c2cc(Br)ccc2I)n1. The fourth-order valence-corrected chi connectivity index (χ4v) is 3.25. The molecule has 0 atom stereocenters. The van der Waals surface area contributed by atoms with E-state index in [0.717, 1.165) is 13.7 Å². The number of amides is 1. The van der Waals surface area contributed by atoms with Crippen LogP contribution in [0.1, 0.15) is 35.8 Å². The highest BCUT2D eigenvalue weighted by Gasteiger charge is 2.13. The molecule has 0 bridgehead atoms. The highest BCUT2D eigenvalue weighted by Crippen LogP contribution is 2.23. The van der Waals surface area contributed by atoms with Gasteiger partial charge in [-0.25, -0.2) is 4.98 Å². The number of carbonyl (C=O) groups excluding carboxylic acids is 1. The summed E-state index contributed by atoms with van der Waals surface area (Å²) in [5, 5.41) is 5.47. The number of nitrogens with zero attached hydrogens (tertiary/aromatic N) is 1. The number of anilines is 1. The van der Waals surface area contributed by atoms with Crippen molar-refractivity contribution in [2.24, 2.45) is 0 Å². The van der Waals surface area contributed by atoms with E-state index in [9.17, 15) is 4.79 Å². The normalized spacial score (nSPS) is 10.8. The van der Waals surface area contributed by atoms with Gasteiger partial charge in [0.1, 0.15) is 0 Å². The van der Waals surface area contributed by atoms with Gasteiger partial charge in [-0.1, -0.05) is 29.8 Å². The van der Waals surface area contributed by atoms with Crippen LogP contribution in [0.5, 0.6) is 0 Å². The van der Waals surface area contributed by atoms with Gasteiger partial charge in [-0.3, -0.25) is 10.1 Å². The standard InChI is InChI=1S/C13H12BrIN2OS/c1-7(2)11-6-19-13(16-11)17-12(18)9-5-8(14)3-4-10(9)15/h3-7H,1-2H3,(H,16,17,18). The Morgan fingerprint density at radius 3 is 2.84 bits per heavy atom. The molecular formula is C13H12BrIN2OS. The molecular weight excluding hydrogens is 439 g/mol. The van der Waals surface area contributed by atoms with Crippen LogP contribution in [0.25, 0.3) is 0 Å². The van der Waals surface area contributed by atoms with Gasteiger partial charge in [0.05, 0.1) is 11.3 Å². The van der Waals surface area contributed by atoms with E-state index in [0.29, 0.717) is 16.6 Å². The maximum atomic E-state index is 12.2. The average Bonchev–Trinajstić information content (AvgIpc) is 2.80. The summed E-state index contributed by atoms with van der Waals surface area (Å²) in [6.45, 7) is 4.16. The summed E-state index contributed by atoms with van der Waals surface area (Å²) in [5.74, 6) is 0.239. The quantitative estimate of drug-likeness (QED) is 0.676. The van der Waals surface area contributed by atoms with Crippen LogP contribution in [0.3, 0.4) is 0 Å². The van der Waals surface area contributed by atoms with Crippen molar-refractivity contribution in [3.8, 4) is 0 Å². The van der Waals surface area contributed by atoms with Crippen molar-refractivity contribution < 1.29 is 4.79 Å². The van der Waals surface area contributed by atoms with Gasteiger partial charge in [-0.2, -0.15) is 0 Å². The van der Waals surface area contributed by atoms with Crippen molar-refractivity contribution in [2.75, 3.05) is 5.32 Å². The molecule has 1 aromatic carbocycles. The predicted molar refractivity (Wildman–Crippen MR) is 91.0 cm³/mol. The summed E-state index contributed by atoms with van der Waals surface area (Å²) >= 11 is 6.98. The molecule has 6 heteroatoms. The fraction of sp³-hybridized carbons (Fsp3) is 0.231. The molecule has 1 aromatic heterocycles. The van der Waals surface area contributed by atoms with Gasteiger partial charge in [0.25, 0.3) is 5.91 Å². The van der Waals surface area contributed by atoms with Crippen LogP contribution in [-0.4, -0.2) is 10.9 Å². The van der Waals surface area contributed by atoms with Crippen molar-refractivity contribution in [3.63, 3.8) is 0 Å². The number of halogens is 2. The third kappa shape index (κ3) is 3.76. The van der Waals surface area contributed by atoms with E-state index < -0.39 is 0 Å². The van der Waals surface area contributed by atoms with Crippen molar-refractivity contribution in [3.05, 3.63) is 42.9 Å². The van der Waals surface area contributed by atoms with E-state index in [-0.39, 0.29) is 5.91 Å². The summed E-state index contributed by atoms with van der Waals surface area (Å²) in [4.78, 5) is 16.6. The van der Waals surface area contributed by atoms with Crippen LogP contribution in [0.15, 0.2) is 28.1 Å². The van der Waals surface area contributed by atoms with Crippen LogP contribution >= 0.6 is 49.9 Å². The van der Waals surface area contributed by atoms with Crippen LogP contribution < -0.4 is 5.32 Å². The highest BCUT2D eigenvalue weighted by atomic mass is 127. The molecule has 100 valence electrons. The minimum atomic E-state index is -0.129. The molecule has 0 unspecified atom stereocenters. The van der Waals surface area contributed by atoms with Crippen LogP contribution in [0, 0.1) is 3.57 Å². The van der Waals surface area contributed by atoms with Gasteiger partial charge in [0, 0.05) is 13.4 Å². The largest absolute Gasteiger partial charge is 0.298 e. The molecule has 2 rings (SSSR count). The lowest BCUT2D eigenvalue weighted by Crippen LogP contribution is -2.13. The lowest BCUT2D eigenvalue weighted by atomic mass is 10.2. The van der Waals surface area contributed by atoms with E-state index in [1.165, 1.54) is 11.3 Å². The Kier molecular flexibility index (Phi) is 4.97. The van der Waals surface area contributed by atoms with E-state index >= 15 is 0 Å². The molecule has 2 aromatic rings. The second-order valence-electron chi connectivity index (χ2n) is 4.31.